The lowest BCUT2D eigenvalue weighted by Gasteiger charge is -2.19. The van der Waals surface area contributed by atoms with Crippen LogP contribution in [0.15, 0.2) is 47.5 Å². The Balaban J connectivity index is 1.48. The smallest absolute Gasteiger partial charge is 0.274 e. The van der Waals surface area contributed by atoms with E-state index in [1.807, 2.05) is 18.2 Å². The minimum absolute atomic E-state index is 0.380. The predicted octanol–water partition coefficient (Wildman–Crippen LogP) is 2.33. The van der Waals surface area contributed by atoms with Gasteiger partial charge in [0, 0.05) is 42.9 Å². The summed E-state index contributed by atoms with van der Waals surface area (Å²) >= 11 is 0. The highest BCUT2D eigenvalue weighted by atomic mass is 16.5. The molecule has 0 atom stereocenters. The molecule has 4 rings (SSSR count). The van der Waals surface area contributed by atoms with E-state index in [1.165, 1.54) is 11.3 Å². The van der Waals surface area contributed by atoms with Crippen molar-refractivity contribution in [3.8, 4) is 5.75 Å². The van der Waals surface area contributed by atoms with E-state index in [0.29, 0.717) is 17.9 Å². The third kappa shape index (κ3) is 3.26. The molecule has 2 aromatic rings. The van der Waals surface area contributed by atoms with Crippen LogP contribution >= 0.6 is 0 Å². The topological polar surface area (TPSA) is 74.2 Å². The number of ether oxygens (including phenoxy) is 1. The molecule has 0 saturated carbocycles. The number of carbonyl (C=O) groups excluding carboxylic acids is 1. The molecule has 2 aromatic carbocycles. The maximum Gasteiger partial charge on any atom is 0.274 e. The average Bonchev–Trinajstić information content (AvgIpc) is 2.93. The van der Waals surface area contributed by atoms with Crippen molar-refractivity contribution in [1.82, 2.24) is 10.4 Å². The van der Waals surface area contributed by atoms with Crippen molar-refractivity contribution < 1.29 is 14.7 Å². The van der Waals surface area contributed by atoms with Gasteiger partial charge in [0.1, 0.15) is 12.4 Å². The maximum atomic E-state index is 11.5. The highest BCUT2D eigenvalue weighted by Gasteiger charge is 2.21. The Morgan fingerprint density at radius 1 is 1.24 bits per heavy atom. The molecule has 0 saturated heterocycles. The quantitative estimate of drug-likeness (QED) is 0.666. The van der Waals surface area contributed by atoms with E-state index >= 15 is 0 Å². The van der Waals surface area contributed by atoms with Crippen LogP contribution in [0.2, 0.25) is 0 Å². The fourth-order valence-electron chi connectivity index (χ4n) is 3.31. The molecule has 0 aromatic heterocycles. The molecule has 0 unspecified atom stereocenters. The molecule has 2 heterocycles. The van der Waals surface area contributed by atoms with E-state index in [-0.39, 0.29) is 0 Å². The van der Waals surface area contributed by atoms with Crippen LogP contribution in [0.5, 0.6) is 5.75 Å². The first-order valence-electron chi connectivity index (χ1n) is 8.30. The minimum atomic E-state index is -0.537. The van der Waals surface area contributed by atoms with Gasteiger partial charge in [-0.05, 0) is 23.8 Å². The Labute approximate surface area is 145 Å². The number of carbonyl (C=O) groups is 1. The molecule has 2 aliphatic rings. The highest BCUT2D eigenvalue weighted by molar-refractivity contribution is 5.95. The first-order chi connectivity index (χ1) is 12.2. The van der Waals surface area contributed by atoms with E-state index in [9.17, 15) is 4.79 Å². The van der Waals surface area contributed by atoms with Crippen molar-refractivity contribution in [3.05, 3.63) is 59.2 Å². The van der Waals surface area contributed by atoms with Gasteiger partial charge >= 0.3 is 0 Å². The number of benzene rings is 2. The number of para-hydroxylation sites is 1. The summed E-state index contributed by atoms with van der Waals surface area (Å²) in [6, 6.07) is 13.5. The van der Waals surface area contributed by atoms with Gasteiger partial charge in [0.05, 0.1) is 5.69 Å². The van der Waals surface area contributed by atoms with E-state index in [4.69, 9.17) is 14.9 Å². The molecule has 25 heavy (non-hydrogen) atoms. The average molecular weight is 337 g/mol. The SMILES string of the molecule is O=C(NO)c1ccc2c(c1)OCCN(CC1=Nc3ccccc3C1)C2. The van der Waals surface area contributed by atoms with Crippen molar-refractivity contribution >= 4 is 17.3 Å². The lowest BCUT2D eigenvalue weighted by molar-refractivity contribution is 0.0706. The van der Waals surface area contributed by atoms with Crippen LogP contribution in [0, 0.1) is 0 Å². The molecule has 2 N–H and O–H groups in total. The second-order valence-corrected chi connectivity index (χ2v) is 6.31. The third-order valence-corrected chi connectivity index (χ3v) is 4.56. The van der Waals surface area contributed by atoms with Gasteiger partial charge in [-0.3, -0.25) is 19.9 Å². The zero-order chi connectivity index (χ0) is 17.2. The highest BCUT2D eigenvalue weighted by Crippen LogP contribution is 2.28. The van der Waals surface area contributed by atoms with Crippen LogP contribution in [-0.2, 0) is 13.0 Å². The van der Waals surface area contributed by atoms with E-state index < -0.39 is 5.91 Å². The Bertz CT molecular complexity index is 848. The van der Waals surface area contributed by atoms with Gasteiger partial charge in [-0.15, -0.1) is 0 Å². The first kappa shape index (κ1) is 15.8. The van der Waals surface area contributed by atoms with Gasteiger partial charge in [-0.2, -0.15) is 0 Å². The standard InChI is InChI=1S/C19H19N3O3/c23-19(21-24)14-5-6-15-11-22(7-8-25-18(15)10-14)12-16-9-13-3-1-2-4-17(13)20-16/h1-6,10,24H,7-9,11-12H2,(H,21,23). The molecular formula is C19H19N3O3. The second kappa shape index (κ2) is 6.66. The molecule has 2 aliphatic heterocycles. The summed E-state index contributed by atoms with van der Waals surface area (Å²) in [5.41, 5.74) is 6.58. The second-order valence-electron chi connectivity index (χ2n) is 6.31. The monoisotopic (exact) mass is 337 g/mol. The van der Waals surface area contributed by atoms with Gasteiger partial charge in [-0.25, -0.2) is 5.48 Å². The number of hydrogen-bond acceptors (Lipinski definition) is 5. The summed E-state index contributed by atoms with van der Waals surface area (Å²) in [5, 5.41) is 8.76. The molecular weight excluding hydrogens is 318 g/mol. The van der Waals surface area contributed by atoms with Gasteiger partial charge in [0.25, 0.3) is 5.91 Å². The fraction of sp³-hybridized carbons (Fsp3) is 0.263. The Kier molecular flexibility index (Phi) is 4.21. The summed E-state index contributed by atoms with van der Waals surface area (Å²) in [4.78, 5) is 18.6. The van der Waals surface area contributed by atoms with Crippen LogP contribution in [-0.4, -0.2) is 41.4 Å². The normalized spacial score (nSPS) is 16.3. The Morgan fingerprint density at radius 3 is 2.96 bits per heavy atom. The van der Waals surface area contributed by atoms with E-state index in [2.05, 4.69) is 17.0 Å². The number of amides is 1. The number of hydrogen-bond donors (Lipinski definition) is 2. The van der Waals surface area contributed by atoms with E-state index in [0.717, 1.165) is 37.3 Å². The van der Waals surface area contributed by atoms with Crippen molar-refractivity contribution in [1.29, 1.82) is 0 Å². The summed E-state index contributed by atoms with van der Waals surface area (Å²) in [5.74, 6) is 0.158. The third-order valence-electron chi connectivity index (χ3n) is 4.56. The van der Waals surface area contributed by atoms with Crippen LogP contribution in [0.25, 0.3) is 0 Å². The Morgan fingerprint density at radius 2 is 2.12 bits per heavy atom. The zero-order valence-corrected chi connectivity index (χ0v) is 13.7. The fourth-order valence-corrected chi connectivity index (χ4v) is 3.31. The first-order valence-corrected chi connectivity index (χ1v) is 8.30. The number of fused-ring (bicyclic) bond motifs is 2. The molecule has 6 heteroatoms. The molecule has 0 aliphatic carbocycles. The summed E-state index contributed by atoms with van der Waals surface area (Å²) in [6.07, 6.45) is 0.899. The number of aliphatic imine (C=N–C) groups is 1. The summed E-state index contributed by atoms with van der Waals surface area (Å²) < 4.78 is 5.80. The van der Waals surface area contributed by atoms with Crippen LogP contribution in [0.1, 0.15) is 21.5 Å². The molecule has 1 amide bonds. The zero-order valence-electron chi connectivity index (χ0n) is 13.7. The van der Waals surface area contributed by atoms with Gasteiger partial charge in [0.15, 0.2) is 0 Å². The van der Waals surface area contributed by atoms with Crippen molar-refractivity contribution in [2.75, 3.05) is 19.7 Å². The van der Waals surface area contributed by atoms with Crippen molar-refractivity contribution in [2.45, 2.75) is 13.0 Å². The van der Waals surface area contributed by atoms with Gasteiger partial charge < -0.3 is 4.74 Å². The van der Waals surface area contributed by atoms with Crippen LogP contribution in [0.3, 0.4) is 0 Å². The molecule has 0 bridgehead atoms. The van der Waals surface area contributed by atoms with E-state index in [1.54, 1.807) is 17.6 Å². The van der Waals surface area contributed by atoms with Crippen molar-refractivity contribution in [3.63, 3.8) is 0 Å². The molecule has 0 fully saturated rings. The molecule has 0 radical (unpaired) electrons. The summed E-state index contributed by atoms with van der Waals surface area (Å²) in [7, 11) is 0. The lowest BCUT2D eigenvalue weighted by Crippen LogP contribution is -2.31. The lowest BCUT2D eigenvalue weighted by atomic mass is 10.1. The molecule has 128 valence electrons. The molecule has 6 nitrogen and oxygen atoms in total. The maximum absolute atomic E-state index is 11.5. The summed E-state index contributed by atoms with van der Waals surface area (Å²) in [6.45, 7) is 2.89. The van der Waals surface area contributed by atoms with Gasteiger partial charge in [-0.1, -0.05) is 24.3 Å². The molecule has 0 spiro atoms. The number of rotatable bonds is 3. The number of nitrogens with one attached hydrogen (secondary N) is 1. The van der Waals surface area contributed by atoms with Gasteiger partial charge in [0.2, 0.25) is 0 Å². The number of hydroxylamine groups is 1. The Hall–Kier alpha value is -2.70. The van der Waals surface area contributed by atoms with Crippen LogP contribution < -0.4 is 10.2 Å². The van der Waals surface area contributed by atoms with Crippen molar-refractivity contribution in [2.24, 2.45) is 4.99 Å². The predicted molar refractivity (Wildman–Crippen MR) is 93.7 cm³/mol. The van der Waals surface area contributed by atoms with Crippen LogP contribution in [0.4, 0.5) is 5.69 Å². The largest absolute Gasteiger partial charge is 0.492 e. The minimum Gasteiger partial charge on any atom is -0.492 e. The number of nitrogens with zero attached hydrogens (tertiary/aromatic N) is 2.